The Kier molecular flexibility index (Phi) is 4.80. The molecule has 0 aliphatic rings. The van der Waals surface area contributed by atoms with E-state index in [0.717, 1.165) is 5.25 Å². The number of hydrogen-bond acceptors (Lipinski definition) is 1. The molecule has 0 saturated heterocycles. The van der Waals surface area contributed by atoms with Crippen molar-refractivity contribution in [1.82, 2.24) is 0 Å². The van der Waals surface area contributed by atoms with Gasteiger partial charge in [-0.05, 0) is 0 Å². The van der Waals surface area contributed by atoms with Crippen LogP contribution >= 0.6 is 0 Å². The van der Waals surface area contributed by atoms with Gasteiger partial charge in [-0.25, -0.2) is 0 Å². The normalized spacial score (nSPS) is 11.0. The fraction of sp³-hybridized carbons (Fsp3) is 0.875. The number of nitrogens with zero attached hydrogens (tertiary/aromatic N) is 1. The standard InChI is InChI=1S/C8H17GeN/c1-4-9(5-2,6-3)7-8-10/h4-7H2,1-3H3. The number of nitriles is 1. The summed E-state index contributed by atoms with van der Waals surface area (Å²) in [6.07, 6.45) is 0. The SMILES string of the molecule is C[CH2][Ge]([CH2]C)([CH2]C)[CH2]C#N. The van der Waals surface area contributed by atoms with Crippen LogP contribution in [0.2, 0.25) is 21.0 Å². The van der Waals surface area contributed by atoms with Crippen molar-refractivity contribution in [3.63, 3.8) is 0 Å². The van der Waals surface area contributed by atoms with Gasteiger partial charge in [0.2, 0.25) is 0 Å². The molecule has 0 amide bonds. The van der Waals surface area contributed by atoms with E-state index in [9.17, 15) is 0 Å². The van der Waals surface area contributed by atoms with Crippen LogP contribution in [0.25, 0.3) is 0 Å². The van der Waals surface area contributed by atoms with Gasteiger partial charge in [0.15, 0.2) is 0 Å². The first kappa shape index (κ1) is 10.0. The monoisotopic (exact) mass is 201 g/mol. The topological polar surface area (TPSA) is 23.8 Å². The van der Waals surface area contributed by atoms with Gasteiger partial charge in [-0.3, -0.25) is 0 Å². The Balaban J connectivity index is 4.04. The van der Waals surface area contributed by atoms with E-state index in [4.69, 9.17) is 5.26 Å². The van der Waals surface area contributed by atoms with E-state index in [1.165, 1.54) is 15.8 Å². The third-order valence-electron chi connectivity index (χ3n) is 2.70. The van der Waals surface area contributed by atoms with Gasteiger partial charge in [-0.15, -0.1) is 0 Å². The summed E-state index contributed by atoms with van der Waals surface area (Å²) in [7, 11) is 0. The fourth-order valence-corrected chi connectivity index (χ4v) is 6.72. The van der Waals surface area contributed by atoms with Crippen LogP contribution in [0.4, 0.5) is 0 Å². The maximum atomic E-state index is 8.59. The van der Waals surface area contributed by atoms with Gasteiger partial charge in [-0.1, -0.05) is 0 Å². The average molecular weight is 200 g/mol. The van der Waals surface area contributed by atoms with Crippen molar-refractivity contribution >= 4 is 13.3 Å². The van der Waals surface area contributed by atoms with Gasteiger partial charge in [0, 0.05) is 0 Å². The van der Waals surface area contributed by atoms with E-state index >= 15 is 0 Å². The Morgan fingerprint density at radius 3 is 1.60 bits per heavy atom. The molecule has 58 valence electrons. The molecule has 0 spiro atoms. The summed E-state index contributed by atoms with van der Waals surface area (Å²) in [4.78, 5) is 0. The van der Waals surface area contributed by atoms with E-state index in [0.29, 0.717) is 0 Å². The van der Waals surface area contributed by atoms with Crippen molar-refractivity contribution in [2.75, 3.05) is 0 Å². The van der Waals surface area contributed by atoms with Crippen LogP contribution in [0, 0.1) is 11.3 Å². The van der Waals surface area contributed by atoms with Crippen LogP contribution in [0.3, 0.4) is 0 Å². The van der Waals surface area contributed by atoms with Crippen molar-refractivity contribution in [3.05, 3.63) is 0 Å². The van der Waals surface area contributed by atoms with E-state index in [1.54, 1.807) is 0 Å². The van der Waals surface area contributed by atoms with Crippen molar-refractivity contribution in [1.29, 1.82) is 5.26 Å². The fourth-order valence-electron chi connectivity index (χ4n) is 1.29. The number of hydrogen-bond donors (Lipinski definition) is 0. The van der Waals surface area contributed by atoms with Crippen LogP contribution in [0.1, 0.15) is 20.8 Å². The first-order chi connectivity index (χ1) is 4.74. The van der Waals surface area contributed by atoms with Gasteiger partial charge < -0.3 is 0 Å². The van der Waals surface area contributed by atoms with Gasteiger partial charge in [-0.2, -0.15) is 0 Å². The number of rotatable bonds is 4. The second-order valence-corrected chi connectivity index (χ2v) is 14.4. The minimum atomic E-state index is -1.57. The van der Waals surface area contributed by atoms with Crippen molar-refractivity contribution in [3.8, 4) is 6.07 Å². The summed E-state index contributed by atoms with van der Waals surface area (Å²) < 4.78 is 0. The van der Waals surface area contributed by atoms with Crippen LogP contribution in [-0.4, -0.2) is 13.3 Å². The molecular formula is C8H17GeN. The summed E-state index contributed by atoms with van der Waals surface area (Å²) in [6.45, 7) is 6.76. The Morgan fingerprint density at radius 2 is 1.50 bits per heavy atom. The second kappa shape index (κ2) is 4.79. The molecule has 0 aliphatic heterocycles. The van der Waals surface area contributed by atoms with Crippen molar-refractivity contribution < 1.29 is 0 Å². The van der Waals surface area contributed by atoms with Gasteiger partial charge in [0.1, 0.15) is 0 Å². The molecule has 2 heteroatoms. The molecule has 0 aromatic heterocycles. The summed E-state index contributed by atoms with van der Waals surface area (Å²) in [5.41, 5.74) is 0. The summed E-state index contributed by atoms with van der Waals surface area (Å²) in [5.74, 6) is 0. The predicted molar refractivity (Wildman–Crippen MR) is 47.6 cm³/mol. The zero-order valence-corrected chi connectivity index (χ0v) is 9.37. The molecule has 0 radical (unpaired) electrons. The molecule has 0 atom stereocenters. The molecule has 0 fully saturated rings. The van der Waals surface area contributed by atoms with Crippen LogP contribution in [0.5, 0.6) is 0 Å². The Morgan fingerprint density at radius 1 is 1.10 bits per heavy atom. The van der Waals surface area contributed by atoms with Crippen LogP contribution in [0.15, 0.2) is 0 Å². The molecule has 10 heavy (non-hydrogen) atoms. The van der Waals surface area contributed by atoms with E-state index < -0.39 is 13.3 Å². The van der Waals surface area contributed by atoms with Crippen LogP contribution in [-0.2, 0) is 0 Å². The summed E-state index contributed by atoms with van der Waals surface area (Å²) in [5, 5.41) is 13.5. The summed E-state index contributed by atoms with van der Waals surface area (Å²) >= 11 is -1.57. The zero-order valence-electron chi connectivity index (χ0n) is 7.28. The molecule has 1 nitrogen and oxygen atoms in total. The van der Waals surface area contributed by atoms with E-state index in [-0.39, 0.29) is 0 Å². The molecular weight excluding hydrogens is 183 g/mol. The zero-order chi connectivity index (χ0) is 8.04. The first-order valence-electron chi connectivity index (χ1n) is 4.11. The minimum absolute atomic E-state index is 0.906. The molecule has 0 rings (SSSR count). The average Bonchev–Trinajstić information content (AvgIpc) is 2.01. The van der Waals surface area contributed by atoms with Crippen molar-refractivity contribution in [2.45, 2.75) is 41.8 Å². The Bertz CT molecular complexity index is 113. The van der Waals surface area contributed by atoms with Crippen LogP contribution < -0.4 is 0 Å². The molecule has 0 aromatic rings. The van der Waals surface area contributed by atoms with Gasteiger partial charge in [0.05, 0.1) is 0 Å². The van der Waals surface area contributed by atoms with E-state index in [2.05, 4.69) is 26.8 Å². The van der Waals surface area contributed by atoms with E-state index in [1.807, 2.05) is 0 Å². The van der Waals surface area contributed by atoms with Crippen molar-refractivity contribution in [2.24, 2.45) is 0 Å². The third kappa shape index (κ3) is 2.34. The molecule has 0 aliphatic carbocycles. The quantitative estimate of drug-likeness (QED) is 0.639. The predicted octanol–water partition coefficient (Wildman–Crippen LogP) is 3.02. The molecule has 0 saturated carbocycles. The molecule has 0 N–H and O–H groups in total. The molecule has 0 bridgehead atoms. The molecule has 0 unspecified atom stereocenters. The Hall–Kier alpha value is 0.0329. The Labute approximate surface area is 66.8 Å². The summed E-state index contributed by atoms with van der Waals surface area (Å²) in [6, 6.07) is 2.34. The van der Waals surface area contributed by atoms with Gasteiger partial charge in [0.25, 0.3) is 0 Å². The maximum absolute atomic E-state index is 8.59. The molecule has 0 heterocycles. The van der Waals surface area contributed by atoms with Gasteiger partial charge >= 0.3 is 66.4 Å². The first-order valence-corrected chi connectivity index (χ1v) is 10.0. The third-order valence-corrected chi connectivity index (χ3v) is 14.1. The molecule has 0 aromatic carbocycles. The second-order valence-electron chi connectivity index (χ2n) is 2.90.